The number of nitrogens with zero attached hydrogens (tertiary/aromatic N) is 4. The summed E-state index contributed by atoms with van der Waals surface area (Å²) in [6.07, 6.45) is 0.833. The Morgan fingerprint density at radius 3 is 2.63 bits per heavy atom. The molecule has 0 aliphatic carbocycles. The van der Waals surface area contributed by atoms with Crippen LogP contribution >= 0.6 is 0 Å². The van der Waals surface area contributed by atoms with Gasteiger partial charge in [-0.15, -0.1) is 0 Å². The lowest BCUT2D eigenvalue weighted by atomic mass is 9.96. The molecule has 1 aliphatic heterocycles. The van der Waals surface area contributed by atoms with Gasteiger partial charge in [-0.05, 0) is 47.5 Å². The van der Waals surface area contributed by atoms with Gasteiger partial charge in [-0.2, -0.15) is 4.68 Å². The molecule has 0 fully saturated rings. The smallest absolute Gasteiger partial charge is 0.338 e. The Hall–Kier alpha value is -3.68. The van der Waals surface area contributed by atoms with Gasteiger partial charge in [0, 0.05) is 12.1 Å². The van der Waals surface area contributed by atoms with E-state index in [1.54, 1.807) is 11.6 Å². The number of aromatic nitrogens is 4. The topological polar surface area (TPSA) is 91.2 Å². The van der Waals surface area contributed by atoms with Crippen LogP contribution in [0.1, 0.15) is 31.0 Å². The number of hydrogen-bond acceptors (Lipinski definition) is 7. The van der Waals surface area contributed by atoms with Crippen molar-refractivity contribution in [3.8, 4) is 5.75 Å². The van der Waals surface area contributed by atoms with Gasteiger partial charge in [0.2, 0.25) is 5.95 Å². The average molecular weight is 405 g/mol. The zero-order chi connectivity index (χ0) is 20.9. The Morgan fingerprint density at radius 1 is 1.13 bits per heavy atom. The van der Waals surface area contributed by atoms with E-state index in [1.807, 2.05) is 49.4 Å². The van der Waals surface area contributed by atoms with E-state index in [4.69, 9.17) is 9.47 Å². The molecular formula is C22H23N5O3. The largest absolute Gasteiger partial charge is 0.493 e. The fourth-order valence-electron chi connectivity index (χ4n) is 3.47. The molecule has 2 aromatic carbocycles. The lowest BCUT2D eigenvalue weighted by molar-refractivity contribution is -0.139. The van der Waals surface area contributed by atoms with Gasteiger partial charge in [0.15, 0.2) is 0 Å². The van der Waals surface area contributed by atoms with E-state index in [0.29, 0.717) is 30.4 Å². The number of anilines is 1. The highest BCUT2D eigenvalue weighted by Crippen LogP contribution is 2.35. The van der Waals surface area contributed by atoms with Crippen molar-refractivity contribution >= 4 is 11.9 Å². The molecule has 2 heterocycles. The van der Waals surface area contributed by atoms with Gasteiger partial charge in [-0.1, -0.05) is 47.6 Å². The SMILES string of the molecule is CCOC(=O)C1=C(C)Nc2nnnn2C1c1ccc(OCCc2ccccc2)cc1. The number of carbonyl (C=O) groups is 1. The molecule has 1 atom stereocenters. The van der Waals surface area contributed by atoms with Gasteiger partial charge in [-0.25, -0.2) is 4.79 Å². The highest BCUT2D eigenvalue weighted by Gasteiger charge is 2.34. The Balaban J connectivity index is 1.53. The van der Waals surface area contributed by atoms with Crippen LogP contribution in [0.15, 0.2) is 65.9 Å². The maximum atomic E-state index is 12.6. The van der Waals surface area contributed by atoms with Crippen LogP contribution in [0.25, 0.3) is 0 Å². The summed E-state index contributed by atoms with van der Waals surface area (Å²) in [5, 5.41) is 14.9. The first-order valence-corrected chi connectivity index (χ1v) is 9.87. The third-order valence-corrected chi connectivity index (χ3v) is 4.91. The van der Waals surface area contributed by atoms with E-state index in [1.165, 1.54) is 5.56 Å². The van der Waals surface area contributed by atoms with Gasteiger partial charge in [0.1, 0.15) is 11.8 Å². The summed E-state index contributed by atoms with van der Waals surface area (Å²) in [5.41, 5.74) is 3.25. The number of allylic oxidation sites excluding steroid dienone is 1. The molecule has 1 N–H and O–H groups in total. The van der Waals surface area contributed by atoms with Gasteiger partial charge in [0.25, 0.3) is 0 Å². The standard InChI is InChI=1S/C22H23N5O3/c1-3-29-21(28)19-15(2)23-22-24-25-26-27(22)20(19)17-9-11-18(12-10-17)30-14-13-16-7-5-4-6-8-16/h4-12,20H,3,13-14H2,1-2H3,(H,23,24,26). The van der Waals surface area contributed by atoms with Gasteiger partial charge >= 0.3 is 5.97 Å². The molecule has 0 spiro atoms. The molecule has 0 saturated carbocycles. The molecule has 4 rings (SSSR count). The van der Waals surface area contributed by atoms with Crippen LogP contribution in [0.5, 0.6) is 5.75 Å². The van der Waals surface area contributed by atoms with Crippen LogP contribution in [0.2, 0.25) is 0 Å². The summed E-state index contributed by atoms with van der Waals surface area (Å²) in [6.45, 7) is 4.47. The second-order valence-electron chi connectivity index (χ2n) is 6.89. The molecule has 1 aromatic heterocycles. The first kappa shape index (κ1) is 19.6. The van der Waals surface area contributed by atoms with Crippen molar-refractivity contribution in [3.05, 3.63) is 77.0 Å². The molecule has 0 amide bonds. The van der Waals surface area contributed by atoms with E-state index < -0.39 is 12.0 Å². The number of hydrogen-bond donors (Lipinski definition) is 1. The molecule has 0 bridgehead atoms. The minimum absolute atomic E-state index is 0.291. The molecule has 1 aliphatic rings. The molecule has 0 radical (unpaired) electrons. The number of benzene rings is 2. The van der Waals surface area contributed by atoms with Gasteiger partial charge in [0.05, 0.1) is 18.8 Å². The summed E-state index contributed by atoms with van der Waals surface area (Å²) in [5.74, 6) is 0.851. The number of nitrogens with one attached hydrogen (secondary N) is 1. The number of carbonyl (C=O) groups excluding carboxylic acids is 1. The first-order chi connectivity index (χ1) is 14.7. The third kappa shape index (κ3) is 4.03. The maximum absolute atomic E-state index is 12.6. The Labute approximate surface area is 174 Å². The van der Waals surface area contributed by atoms with Crippen LogP contribution < -0.4 is 10.1 Å². The van der Waals surface area contributed by atoms with Crippen molar-refractivity contribution in [3.63, 3.8) is 0 Å². The number of fused-ring (bicyclic) bond motifs is 1. The zero-order valence-corrected chi connectivity index (χ0v) is 16.9. The fraction of sp³-hybridized carbons (Fsp3) is 0.273. The average Bonchev–Trinajstić information content (AvgIpc) is 3.22. The quantitative estimate of drug-likeness (QED) is 0.604. The Morgan fingerprint density at radius 2 is 1.90 bits per heavy atom. The van der Waals surface area contributed by atoms with E-state index in [9.17, 15) is 4.79 Å². The number of tetrazole rings is 1. The Bertz CT molecular complexity index is 1040. The third-order valence-electron chi connectivity index (χ3n) is 4.91. The van der Waals surface area contributed by atoms with E-state index >= 15 is 0 Å². The summed E-state index contributed by atoms with van der Waals surface area (Å²) in [6, 6.07) is 17.4. The molecule has 30 heavy (non-hydrogen) atoms. The molecule has 3 aromatic rings. The van der Waals surface area contributed by atoms with Crippen LogP contribution in [-0.4, -0.2) is 39.4 Å². The summed E-state index contributed by atoms with van der Waals surface area (Å²) in [7, 11) is 0. The summed E-state index contributed by atoms with van der Waals surface area (Å²) < 4.78 is 12.7. The van der Waals surface area contributed by atoms with Crippen LogP contribution in [0.4, 0.5) is 5.95 Å². The first-order valence-electron chi connectivity index (χ1n) is 9.87. The van der Waals surface area contributed by atoms with Gasteiger partial charge < -0.3 is 14.8 Å². The van der Waals surface area contributed by atoms with Crippen molar-refractivity contribution in [2.75, 3.05) is 18.5 Å². The molecule has 1 unspecified atom stereocenters. The summed E-state index contributed by atoms with van der Waals surface area (Å²) in [4.78, 5) is 12.6. The van der Waals surface area contributed by atoms with Crippen molar-refractivity contribution < 1.29 is 14.3 Å². The minimum atomic E-state index is -0.478. The fourth-order valence-corrected chi connectivity index (χ4v) is 3.47. The number of ether oxygens (including phenoxy) is 2. The number of esters is 1. The second-order valence-corrected chi connectivity index (χ2v) is 6.89. The van der Waals surface area contributed by atoms with Crippen LogP contribution in [0, 0.1) is 0 Å². The zero-order valence-electron chi connectivity index (χ0n) is 16.9. The van der Waals surface area contributed by atoms with Gasteiger partial charge in [-0.3, -0.25) is 0 Å². The van der Waals surface area contributed by atoms with Crippen LogP contribution in [0.3, 0.4) is 0 Å². The van der Waals surface area contributed by atoms with Crippen LogP contribution in [-0.2, 0) is 16.0 Å². The minimum Gasteiger partial charge on any atom is -0.493 e. The molecule has 154 valence electrons. The lowest BCUT2D eigenvalue weighted by Gasteiger charge is -2.27. The molecule has 8 heteroatoms. The predicted molar refractivity (Wildman–Crippen MR) is 111 cm³/mol. The second kappa shape index (κ2) is 8.77. The van der Waals surface area contributed by atoms with E-state index in [2.05, 4.69) is 33.0 Å². The lowest BCUT2D eigenvalue weighted by Crippen LogP contribution is -2.29. The monoisotopic (exact) mass is 405 g/mol. The maximum Gasteiger partial charge on any atom is 0.338 e. The normalized spacial score (nSPS) is 15.3. The van der Waals surface area contributed by atoms with Crippen molar-refractivity contribution in [2.24, 2.45) is 0 Å². The van der Waals surface area contributed by atoms with E-state index in [-0.39, 0.29) is 0 Å². The Kier molecular flexibility index (Phi) is 5.74. The molecule has 0 saturated heterocycles. The van der Waals surface area contributed by atoms with Crippen molar-refractivity contribution in [1.82, 2.24) is 20.2 Å². The number of rotatable bonds is 7. The van der Waals surface area contributed by atoms with E-state index in [0.717, 1.165) is 17.7 Å². The van der Waals surface area contributed by atoms with Crippen molar-refractivity contribution in [1.29, 1.82) is 0 Å². The highest BCUT2D eigenvalue weighted by molar-refractivity contribution is 5.92. The molecular weight excluding hydrogens is 382 g/mol. The summed E-state index contributed by atoms with van der Waals surface area (Å²) >= 11 is 0. The van der Waals surface area contributed by atoms with Crippen molar-refractivity contribution in [2.45, 2.75) is 26.3 Å². The predicted octanol–water partition coefficient (Wildman–Crippen LogP) is 3.15. The molecule has 8 nitrogen and oxygen atoms in total. The highest BCUT2D eigenvalue weighted by atomic mass is 16.5.